The van der Waals surface area contributed by atoms with Gasteiger partial charge < -0.3 is 14.2 Å². The zero-order valence-electron chi connectivity index (χ0n) is 11.8. The van der Waals surface area contributed by atoms with E-state index in [2.05, 4.69) is 34.8 Å². The highest BCUT2D eigenvalue weighted by atomic mass is 79.9. The Morgan fingerprint density at radius 1 is 1.47 bits per heavy atom. The lowest BCUT2D eigenvalue weighted by Gasteiger charge is -2.18. The summed E-state index contributed by atoms with van der Waals surface area (Å²) in [5, 5.41) is 0.821. The molecule has 108 valence electrons. The second-order valence-corrected chi connectivity index (χ2v) is 5.62. The van der Waals surface area contributed by atoms with Crippen LogP contribution in [-0.4, -0.2) is 41.7 Å². The van der Waals surface area contributed by atoms with Gasteiger partial charge in [-0.05, 0) is 5.92 Å². The minimum Gasteiger partial charge on any atom is -0.379 e. The molecule has 1 heterocycles. The number of hydrogen-bond donors (Lipinski definition) is 0. The lowest BCUT2D eigenvalue weighted by molar-refractivity contribution is 0.157. The molecule has 5 nitrogen and oxygen atoms in total. The number of aromatic nitrogens is 2. The molecule has 19 heavy (non-hydrogen) atoms. The van der Waals surface area contributed by atoms with Crippen LogP contribution in [0.2, 0.25) is 0 Å². The van der Waals surface area contributed by atoms with Gasteiger partial charge >= 0.3 is 0 Å². The number of hydrogen-bond acceptors (Lipinski definition) is 4. The minimum absolute atomic E-state index is 0.0424. The number of rotatable bonds is 8. The minimum atomic E-state index is -0.0424. The third-order valence-corrected chi connectivity index (χ3v) is 2.94. The van der Waals surface area contributed by atoms with Crippen molar-refractivity contribution in [3.05, 3.63) is 22.7 Å². The summed E-state index contributed by atoms with van der Waals surface area (Å²) in [4.78, 5) is 18.3. The van der Waals surface area contributed by atoms with Crippen molar-refractivity contribution in [2.45, 2.75) is 20.4 Å². The van der Waals surface area contributed by atoms with Crippen molar-refractivity contribution in [2.75, 3.05) is 37.0 Å². The molecule has 0 unspecified atom stereocenters. The van der Waals surface area contributed by atoms with Crippen molar-refractivity contribution < 1.29 is 4.74 Å². The first-order chi connectivity index (χ1) is 9.06. The molecule has 0 radical (unpaired) electrons. The number of alkyl halides is 1. The quantitative estimate of drug-likeness (QED) is 0.538. The molecule has 0 saturated heterocycles. The van der Waals surface area contributed by atoms with Crippen LogP contribution in [0.4, 0.5) is 5.82 Å². The third-order valence-electron chi connectivity index (χ3n) is 2.61. The van der Waals surface area contributed by atoms with E-state index in [1.54, 1.807) is 17.0 Å². The van der Waals surface area contributed by atoms with Crippen molar-refractivity contribution in [2.24, 2.45) is 5.92 Å². The molecule has 1 aromatic rings. The van der Waals surface area contributed by atoms with E-state index >= 15 is 0 Å². The standard InChI is InChI=1S/C13H22BrN3O2/c1-11(2)10-17-6-5-15-12(13(17)18)16(3)7-9-19-8-4-14/h5-6,11H,4,7-10H2,1-3H3. The predicted octanol–water partition coefficient (Wildman–Crippen LogP) is 1.75. The zero-order valence-corrected chi connectivity index (χ0v) is 13.4. The highest BCUT2D eigenvalue weighted by Crippen LogP contribution is 2.02. The third kappa shape index (κ3) is 5.32. The van der Waals surface area contributed by atoms with Gasteiger partial charge in [-0.15, -0.1) is 0 Å². The van der Waals surface area contributed by atoms with Gasteiger partial charge in [0.1, 0.15) is 0 Å². The SMILES string of the molecule is CC(C)Cn1ccnc(N(C)CCOCCBr)c1=O. The van der Waals surface area contributed by atoms with Gasteiger partial charge in [0.2, 0.25) is 0 Å². The van der Waals surface area contributed by atoms with Gasteiger partial charge in [0.25, 0.3) is 5.56 Å². The molecule has 0 bridgehead atoms. The van der Waals surface area contributed by atoms with E-state index in [-0.39, 0.29) is 5.56 Å². The number of nitrogens with zero attached hydrogens (tertiary/aromatic N) is 3. The Morgan fingerprint density at radius 3 is 2.84 bits per heavy atom. The fraction of sp³-hybridized carbons (Fsp3) is 0.692. The van der Waals surface area contributed by atoms with Crippen molar-refractivity contribution in [1.82, 2.24) is 9.55 Å². The summed E-state index contributed by atoms with van der Waals surface area (Å²) >= 11 is 3.30. The molecule has 0 saturated carbocycles. The normalized spacial score (nSPS) is 11.0. The molecule has 0 aliphatic heterocycles. The molecule has 0 aliphatic carbocycles. The first kappa shape index (κ1) is 16.2. The Kier molecular flexibility index (Phi) is 7.09. The molecule has 0 N–H and O–H groups in total. The second kappa shape index (κ2) is 8.32. The summed E-state index contributed by atoms with van der Waals surface area (Å²) in [5.41, 5.74) is -0.0424. The topological polar surface area (TPSA) is 47.4 Å². The van der Waals surface area contributed by atoms with Crippen LogP contribution < -0.4 is 10.5 Å². The number of ether oxygens (including phenoxy) is 1. The first-order valence-electron chi connectivity index (χ1n) is 6.46. The molecular weight excluding hydrogens is 310 g/mol. The molecule has 0 amide bonds. The van der Waals surface area contributed by atoms with E-state index in [1.807, 2.05) is 11.9 Å². The lowest BCUT2D eigenvalue weighted by Crippen LogP contribution is -2.33. The monoisotopic (exact) mass is 331 g/mol. The first-order valence-corrected chi connectivity index (χ1v) is 7.58. The highest BCUT2D eigenvalue weighted by molar-refractivity contribution is 9.09. The highest BCUT2D eigenvalue weighted by Gasteiger charge is 2.10. The summed E-state index contributed by atoms with van der Waals surface area (Å²) in [6, 6.07) is 0. The molecule has 0 aliphatic rings. The van der Waals surface area contributed by atoms with Crippen LogP contribution in [0.15, 0.2) is 17.2 Å². The smallest absolute Gasteiger partial charge is 0.293 e. The van der Waals surface area contributed by atoms with Crippen molar-refractivity contribution in [3.8, 4) is 0 Å². The molecule has 1 aromatic heterocycles. The van der Waals surface area contributed by atoms with Crippen LogP contribution in [-0.2, 0) is 11.3 Å². The number of anilines is 1. The molecule has 1 rings (SSSR count). The van der Waals surface area contributed by atoms with Gasteiger partial charge in [-0.3, -0.25) is 4.79 Å². The lowest BCUT2D eigenvalue weighted by atomic mass is 10.2. The summed E-state index contributed by atoms with van der Waals surface area (Å²) in [6.45, 7) is 6.80. The van der Waals surface area contributed by atoms with E-state index in [4.69, 9.17) is 4.74 Å². The van der Waals surface area contributed by atoms with Gasteiger partial charge in [0, 0.05) is 37.9 Å². The Morgan fingerprint density at radius 2 is 2.21 bits per heavy atom. The van der Waals surface area contributed by atoms with Gasteiger partial charge in [-0.2, -0.15) is 0 Å². The average Bonchev–Trinajstić information content (AvgIpc) is 2.36. The van der Waals surface area contributed by atoms with Crippen molar-refractivity contribution in [1.29, 1.82) is 0 Å². The fourth-order valence-corrected chi connectivity index (χ4v) is 1.93. The summed E-state index contributed by atoms with van der Waals surface area (Å²) in [6.07, 6.45) is 3.41. The largest absolute Gasteiger partial charge is 0.379 e. The molecular formula is C13H22BrN3O2. The molecule has 0 aromatic carbocycles. The van der Waals surface area contributed by atoms with E-state index in [0.29, 0.717) is 38.0 Å². The molecule has 6 heteroatoms. The Hall–Kier alpha value is -0.880. The van der Waals surface area contributed by atoms with E-state index in [0.717, 1.165) is 5.33 Å². The molecule has 0 spiro atoms. The summed E-state index contributed by atoms with van der Waals surface area (Å²) < 4.78 is 7.10. The maximum atomic E-state index is 12.2. The van der Waals surface area contributed by atoms with Gasteiger partial charge in [0.05, 0.1) is 13.2 Å². The van der Waals surface area contributed by atoms with Crippen LogP contribution in [0.5, 0.6) is 0 Å². The summed E-state index contributed by atoms with van der Waals surface area (Å²) in [7, 11) is 1.86. The molecule has 0 atom stereocenters. The van der Waals surface area contributed by atoms with Gasteiger partial charge in [0.15, 0.2) is 5.82 Å². The van der Waals surface area contributed by atoms with Crippen LogP contribution >= 0.6 is 15.9 Å². The summed E-state index contributed by atoms with van der Waals surface area (Å²) in [5.74, 6) is 0.908. The Labute approximate surface area is 122 Å². The van der Waals surface area contributed by atoms with Crippen LogP contribution in [0, 0.1) is 5.92 Å². The van der Waals surface area contributed by atoms with Crippen LogP contribution in [0.3, 0.4) is 0 Å². The van der Waals surface area contributed by atoms with Crippen LogP contribution in [0.25, 0.3) is 0 Å². The number of likely N-dealkylation sites (N-methyl/N-ethyl adjacent to an activating group) is 1. The second-order valence-electron chi connectivity index (χ2n) is 4.83. The Bertz CT molecular complexity index is 434. The molecule has 0 fully saturated rings. The van der Waals surface area contributed by atoms with E-state index in [9.17, 15) is 4.79 Å². The average molecular weight is 332 g/mol. The predicted molar refractivity (Wildman–Crippen MR) is 81.2 cm³/mol. The number of halogens is 1. The fourth-order valence-electron chi connectivity index (χ4n) is 1.70. The van der Waals surface area contributed by atoms with Crippen molar-refractivity contribution in [3.63, 3.8) is 0 Å². The Balaban J connectivity index is 2.69. The van der Waals surface area contributed by atoms with Gasteiger partial charge in [-0.25, -0.2) is 4.98 Å². The maximum absolute atomic E-state index is 12.2. The van der Waals surface area contributed by atoms with Crippen molar-refractivity contribution >= 4 is 21.7 Å². The maximum Gasteiger partial charge on any atom is 0.293 e. The van der Waals surface area contributed by atoms with E-state index < -0.39 is 0 Å². The zero-order chi connectivity index (χ0) is 14.3. The van der Waals surface area contributed by atoms with Gasteiger partial charge in [-0.1, -0.05) is 29.8 Å². The van der Waals surface area contributed by atoms with Crippen LogP contribution in [0.1, 0.15) is 13.8 Å². The van der Waals surface area contributed by atoms with E-state index in [1.165, 1.54) is 0 Å².